The lowest BCUT2D eigenvalue weighted by atomic mass is 9.67. The molecule has 5 heteroatoms. The van der Waals surface area contributed by atoms with Gasteiger partial charge in [-0.3, -0.25) is 0 Å². The van der Waals surface area contributed by atoms with E-state index in [2.05, 4.69) is 15.5 Å². The lowest BCUT2D eigenvalue weighted by Crippen LogP contribution is -2.59. The molecule has 1 saturated carbocycles. The lowest BCUT2D eigenvalue weighted by Gasteiger charge is -2.54. The molecule has 5 nitrogen and oxygen atoms in total. The highest BCUT2D eigenvalue weighted by Crippen LogP contribution is 2.44. The van der Waals surface area contributed by atoms with Crippen LogP contribution >= 0.6 is 0 Å². The third-order valence-corrected chi connectivity index (χ3v) is 5.17. The molecule has 3 aliphatic rings. The molecule has 0 radical (unpaired) electrons. The number of likely N-dealkylation sites (tertiary alicyclic amines) is 1. The van der Waals surface area contributed by atoms with Crippen LogP contribution in [-0.4, -0.2) is 54.9 Å². The summed E-state index contributed by atoms with van der Waals surface area (Å²) < 4.78 is 0. The highest BCUT2D eigenvalue weighted by Gasteiger charge is 2.45. The maximum atomic E-state index is 10.6. The second-order valence-electron chi connectivity index (χ2n) is 6.75. The van der Waals surface area contributed by atoms with Gasteiger partial charge in [-0.1, -0.05) is 0 Å². The van der Waals surface area contributed by atoms with Gasteiger partial charge in [0, 0.05) is 25.7 Å². The van der Waals surface area contributed by atoms with E-state index in [0.717, 1.165) is 18.8 Å². The average molecular weight is 267 g/mol. The quantitative estimate of drug-likeness (QED) is 0.717. The Morgan fingerprint density at radius 3 is 2.63 bits per heavy atom. The molecule has 0 aromatic rings. The second-order valence-corrected chi connectivity index (χ2v) is 6.75. The van der Waals surface area contributed by atoms with Gasteiger partial charge in [0.25, 0.3) is 0 Å². The Balaban J connectivity index is 1.39. The van der Waals surface area contributed by atoms with Crippen molar-refractivity contribution in [2.45, 2.75) is 38.1 Å². The van der Waals surface area contributed by atoms with Crippen LogP contribution < -0.4 is 10.6 Å². The molecule has 108 valence electrons. The van der Waals surface area contributed by atoms with Crippen molar-refractivity contribution in [1.82, 2.24) is 15.5 Å². The maximum Gasteiger partial charge on any atom is 0.404 e. The number of nitrogens with one attached hydrogen (secondary N) is 2. The van der Waals surface area contributed by atoms with Crippen LogP contribution in [0.2, 0.25) is 0 Å². The second kappa shape index (κ2) is 5.29. The van der Waals surface area contributed by atoms with Crippen LogP contribution in [0, 0.1) is 11.3 Å². The molecule has 3 N–H and O–H groups in total. The van der Waals surface area contributed by atoms with E-state index in [-0.39, 0.29) is 6.04 Å². The van der Waals surface area contributed by atoms with Gasteiger partial charge in [-0.05, 0) is 56.5 Å². The highest BCUT2D eigenvalue weighted by atomic mass is 16.4. The number of carbonyl (C=O) groups is 1. The van der Waals surface area contributed by atoms with Crippen molar-refractivity contribution in [2.75, 3.05) is 32.7 Å². The van der Waals surface area contributed by atoms with Crippen molar-refractivity contribution in [3.63, 3.8) is 0 Å². The fourth-order valence-corrected chi connectivity index (χ4v) is 4.13. The Morgan fingerprint density at radius 2 is 2.05 bits per heavy atom. The summed E-state index contributed by atoms with van der Waals surface area (Å²) in [5.74, 6) is 0.849. The third-order valence-electron chi connectivity index (χ3n) is 5.17. The lowest BCUT2D eigenvalue weighted by molar-refractivity contribution is -0.0396. The van der Waals surface area contributed by atoms with Crippen LogP contribution in [-0.2, 0) is 0 Å². The maximum absolute atomic E-state index is 10.6. The van der Waals surface area contributed by atoms with E-state index in [1.165, 1.54) is 52.0 Å². The fourth-order valence-electron chi connectivity index (χ4n) is 4.13. The van der Waals surface area contributed by atoms with Gasteiger partial charge in [-0.2, -0.15) is 0 Å². The number of rotatable bonds is 3. The van der Waals surface area contributed by atoms with Crippen molar-refractivity contribution in [2.24, 2.45) is 11.3 Å². The van der Waals surface area contributed by atoms with Gasteiger partial charge in [0.05, 0.1) is 0 Å². The van der Waals surface area contributed by atoms with Gasteiger partial charge in [0.1, 0.15) is 0 Å². The van der Waals surface area contributed by atoms with Crippen molar-refractivity contribution >= 4 is 6.09 Å². The molecule has 1 amide bonds. The molecular weight excluding hydrogens is 242 g/mol. The summed E-state index contributed by atoms with van der Waals surface area (Å²) in [4.78, 5) is 13.2. The van der Waals surface area contributed by atoms with Crippen LogP contribution in [0.1, 0.15) is 32.1 Å². The van der Waals surface area contributed by atoms with Gasteiger partial charge in [0.15, 0.2) is 0 Å². The van der Waals surface area contributed by atoms with Crippen molar-refractivity contribution in [3.8, 4) is 0 Å². The minimum atomic E-state index is -0.870. The topological polar surface area (TPSA) is 64.6 Å². The molecule has 0 bridgehead atoms. The van der Waals surface area contributed by atoms with E-state index in [4.69, 9.17) is 5.11 Å². The molecule has 3 rings (SSSR count). The molecule has 19 heavy (non-hydrogen) atoms. The Hall–Kier alpha value is -0.810. The molecule has 0 aromatic heterocycles. The molecule has 0 unspecified atom stereocenters. The molecule has 0 aromatic carbocycles. The standard InChI is InChI=1S/C14H25N3O2/c18-13(19)16-12-1-4-14(5-2-12)9-17(10-14)8-11-3-6-15-7-11/h11-12,15-16H,1-10H2,(H,18,19)/t11-/m1/s1. The summed E-state index contributed by atoms with van der Waals surface area (Å²) in [6.45, 7) is 6.11. The normalized spacial score (nSPS) is 31.3. The Bertz CT molecular complexity index is 326. The summed E-state index contributed by atoms with van der Waals surface area (Å²) in [5.41, 5.74) is 0.517. The van der Waals surface area contributed by atoms with E-state index in [0.29, 0.717) is 5.41 Å². The molecule has 1 aliphatic carbocycles. The number of hydrogen-bond acceptors (Lipinski definition) is 3. The smallest absolute Gasteiger partial charge is 0.404 e. The molecule has 2 aliphatic heterocycles. The Morgan fingerprint density at radius 1 is 1.32 bits per heavy atom. The van der Waals surface area contributed by atoms with E-state index < -0.39 is 6.09 Å². The summed E-state index contributed by atoms with van der Waals surface area (Å²) >= 11 is 0. The minimum Gasteiger partial charge on any atom is -0.465 e. The van der Waals surface area contributed by atoms with E-state index in [9.17, 15) is 4.79 Å². The molecule has 1 spiro atoms. The predicted octanol–water partition coefficient (Wildman–Crippen LogP) is 1.11. The van der Waals surface area contributed by atoms with Crippen LogP contribution in [0.5, 0.6) is 0 Å². The van der Waals surface area contributed by atoms with Crippen molar-refractivity contribution in [3.05, 3.63) is 0 Å². The molecular formula is C14H25N3O2. The largest absolute Gasteiger partial charge is 0.465 e. The number of amides is 1. The van der Waals surface area contributed by atoms with Crippen LogP contribution in [0.15, 0.2) is 0 Å². The first-order valence-electron chi connectivity index (χ1n) is 7.58. The zero-order valence-electron chi connectivity index (χ0n) is 11.5. The zero-order chi connectivity index (χ0) is 13.3. The number of nitrogens with zero attached hydrogens (tertiary/aromatic N) is 1. The fraction of sp³-hybridized carbons (Fsp3) is 0.929. The van der Waals surface area contributed by atoms with Crippen molar-refractivity contribution < 1.29 is 9.90 Å². The predicted molar refractivity (Wildman–Crippen MR) is 73.3 cm³/mol. The Kier molecular flexibility index (Phi) is 3.67. The first-order valence-corrected chi connectivity index (χ1v) is 7.58. The minimum absolute atomic E-state index is 0.191. The zero-order valence-corrected chi connectivity index (χ0v) is 11.5. The molecule has 3 fully saturated rings. The van der Waals surface area contributed by atoms with Gasteiger partial charge >= 0.3 is 6.09 Å². The molecule has 2 saturated heterocycles. The van der Waals surface area contributed by atoms with Crippen LogP contribution in [0.25, 0.3) is 0 Å². The van der Waals surface area contributed by atoms with E-state index >= 15 is 0 Å². The summed E-state index contributed by atoms with van der Waals surface area (Å²) in [6.07, 6.45) is 4.88. The first kappa shape index (κ1) is 13.2. The number of hydrogen-bond donors (Lipinski definition) is 3. The van der Waals surface area contributed by atoms with Gasteiger partial charge in [0.2, 0.25) is 0 Å². The summed E-state index contributed by atoms with van der Waals surface area (Å²) in [5, 5.41) is 14.8. The van der Waals surface area contributed by atoms with E-state index in [1.807, 2.05) is 0 Å². The Labute approximate surface area is 114 Å². The summed E-state index contributed by atoms with van der Waals surface area (Å²) in [7, 11) is 0. The molecule has 2 heterocycles. The first-order chi connectivity index (χ1) is 9.15. The number of carboxylic acid groups (broad SMARTS) is 1. The van der Waals surface area contributed by atoms with Gasteiger partial charge in [-0.25, -0.2) is 4.79 Å². The van der Waals surface area contributed by atoms with E-state index in [1.54, 1.807) is 0 Å². The monoisotopic (exact) mass is 267 g/mol. The van der Waals surface area contributed by atoms with Gasteiger partial charge < -0.3 is 20.6 Å². The van der Waals surface area contributed by atoms with Gasteiger partial charge in [-0.15, -0.1) is 0 Å². The third kappa shape index (κ3) is 3.03. The molecule has 1 atom stereocenters. The average Bonchev–Trinajstić information content (AvgIpc) is 2.82. The SMILES string of the molecule is O=C(O)NC1CCC2(CC1)CN(C[C@@H]1CCNC1)C2. The highest BCUT2D eigenvalue weighted by molar-refractivity contribution is 5.64. The summed E-state index contributed by atoms with van der Waals surface area (Å²) in [6, 6.07) is 0.191. The van der Waals surface area contributed by atoms with Crippen LogP contribution in [0.3, 0.4) is 0 Å². The van der Waals surface area contributed by atoms with Crippen molar-refractivity contribution in [1.29, 1.82) is 0 Å². The van der Waals surface area contributed by atoms with Crippen LogP contribution in [0.4, 0.5) is 4.79 Å².